The van der Waals surface area contributed by atoms with Crippen LogP contribution in [0.25, 0.3) is 6.08 Å². The van der Waals surface area contributed by atoms with Crippen LogP contribution in [-0.2, 0) is 10.2 Å². The normalized spacial score (nSPS) is 21.0. The molecule has 3 aromatic rings. The fourth-order valence-corrected chi connectivity index (χ4v) is 5.53. The number of ether oxygens (including phenoxy) is 1. The Hall–Kier alpha value is -3.94. The molecule has 1 aromatic carbocycles. The summed E-state index contributed by atoms with van der Waals surface area (Å²) in [6.07, 6.45) is 12.8. The number of hydrogen-bond acceptors (Lipinski definition) is 7. The molecule has 0 bridgehead atoms. The highest BCUT2D eigenvalue weighted by Crippen LogP contribution is 2.37. The zero-order valence-electron chi connectivity index (χ0n) is 21.5. The van der Waals surface area contributed by atoms with E-state index in [2.05, 4.69) is 26.3 Å². The minimum absolute atomic E-state index is 0.195. The molecule has 5 rings (SSSR count). The van der Waals surface area contributed by atoms with Crippen LogP contribution in [0, 0.1) is 28.4 Å². The van der Waals surface area contributed by atoms with Gasteiger partial charge in [0.15, 0.2) is 0 Å². The molecule has 1 aliphatic carbocycles. The molecule has 2 atom stereocenters. The van der Waals surface area contributed by atoms with E-state index in [-0.39, 0.29) is 17.3 Å². The van der Waals surface area contributed by atoms with Crippen molar-refractivity contribution in [1.29, 1.82) is 10.7 Å². The zero-order chi connectivity index (χ0) is 27.4. The van der Waals surface area contributed by atoms with E-state index in [1.54, 1.807) is 18.6 Å². The molecule has 1 saturated carbocycles. The van der Waals surface area contributed by atoms with E-state index in [1.807, 2.05) is 6.07 Å². The van der Waals surface area contributed by atoms with Crippen LogP contribution in [0.1, 0.15) is 66.8 Å². The fraction of sp³-hybridized carbons (Fsp3) is 0.379. The number of anilines is 2. The number of halogens is 2. The van der Waals surface area contributed by atoms with Crippen molar-refractivity contribution in [3.05, 3.63) is 76.9 Å². The molecule has 1 saturated heterocycles. The summed E-state index contributed by atoms with van der Waals surface area (Å²) in [5, 5.41) is 21.3. The van der Waals surface area contributed by atoms with Gasteiger partial charge in [0, 0.05) is 25.5 Å². The number of benzene rings is 1. The molecule has 0 radical (unpaired) electrons. The molecule has 202 valence electrons. The zero-order valence-corrected chi connectivity index (χ0v) is 21.5. The van der Waals surface area contributed by atoms with E-state index in [4.69, 9.17) is 15.9 Å². The first kappa shape index (κ1) is 26.7. The molecular formula is C29H31F2N7O. The highest BCUT2D eigenvalue weighted by Gasteiger charge is 2.36. The molecule has 8 nitrogen and oxygen atoms in total. The predicted molar refractivity (Wildman–Crippen MR) is 145 cm³/mol. The number of nitrogens with two attached hydrogens (primary N) is 1. The third-order valence-corrected chi connectivity index (χ3v) is 7.71. The second kappa shape index (κ2) is 11.4. The summed E-state index contributed by atoms with van der Waals surface area (Å²) >= 11 is 0. The largest absolute Gasteiger partial charge is 0.381 e. The van der Waals surface area contributed by atoms with E-state index in [0.29, 0.717) is 43.6 Å². The Balaban J connectivity index is 1.30. The summed E-state index contributed by atoms with van der Waals surface area (Å²) in [6, 6.07) is 6.75. The lowest BCUT2D eigenvalue weighted by atomic mass is 9.75. The Morgan fingerprint density at radius 3 is 2.72 bits per heavy atom. The van der Waals surface area contributed by atoms with Crippen molar-refractivity contribution in [3.8, 4) is 6.07 Å². The molecule has 5 N–H and O–H groups in total. The number of imidazole rings is 1. The first-order valence-electron chi connectivity index (χ1n) is 13.2. The summed E-state index contributed by atoms with van der Waals surface area (Å²) in [4.78, 5) is 11.7. The Morgan fingerprint density at radius 1 is 1.23 bits per heavy atom. The maximum Gasteiger partial charge on any atom is 0.205 e. The van der Waals surface area contributed by atoms with Gasteiger partial charge in [-0.15, -0.1) is 0 Å². The number of rotatable bonds is 7. The van der Waals surface area contributed by atoms with Gasteiger partial charge in [-0.25, -0.2) is 13.8 Å². The Labute approximate surface area is 225 Å². The minimum Gasteiger partial charge on any atom is -0.381 e. The molecule has 1 aliphatic heterocycles. The van der Waals surface area contributed by atoms with Crippen LogP contribution in [0.4, 0.5) is 20.4 Å². The third-order valence-electron chi connectivity index (χ3n) is 7.71. The van der Waals surface area contributed by atoms with Crippen molar-refractivity contribution in [2.75, 3.05) is 18.5 Å². The van der Waals surface area contributed by atoms with E-state index in [0.717, 1.165) is 49.1 Å². The number of nitrogens with zero attached hydrogens (tertiary/aromatic N) is 3. The minimum atomic E-state index is -0.993. The molecule has 0 amide bonds. The van der Waals surface area contributed by atoms with Crippen molar-refractivity contribution in [2.24, 2.45) is 5.73 Å². The Morgan fingerprint density at radius 2 is 2.00 bits per heavy atom. The van der Waals surface area contributed by atoms with Gasteiger partial charge in [-0.05, 0) is 79.5 Å². The van der Waals surface area contributed by atoms with Crippen molar-refractivity contribution in [3.63, 3.8) is 0 Å². The molecule has 2 aromatic heterocycles. The fourth-order valence-electron chi connectivity index (χ4n) is 5.53. The lowest BCUT2D eigenvalue weighted by Crippen LogP contribution is -2.32. The third kappa shape index (κ3) is 5.75. The standard InChI is InChI=1S/C29H31F2N7O/c30-23-13-19(29(17-32)7-10-39-11-8-29)14-24(31)27(23)25(34)5-4-21-15-36-28(37-21)38-26-16-35-9-6-22(26)18-2-1-3-20(33)12-18/h4-6,9,13-16,18,20,34H,1-3,7-8,10-12,33H2,(H2,36,37,38)/b5-4-,34-25?/t18-,20+/m1/s1. The maximum absolute atomic E-state index is 15.0. The van der Waals surface area contributed by atoms with Crippen molar-refractivity contribution in [2.45, 2.75) is 55.9 Å². The number of aromatic amines is 1. The second-order valence-corrected chi connectivity index (χ2v) is 10.3. The van der Waals surface area contributed by atoms with Crippen molar-refractivity contribution < 1.29 is 13.5 Å². The average Bonchev–Trinajstić information content (AvgIpc) is 3.39. The van der Waals surface area contributed by atoms with E-state index in [9.17, 15) is 5.26 Å². The van der Waals surface area contributed by atoms with E-state index in [1.165, 1.54) is 12.2 Å². The Bertz CT molecular complexity index is 1400. The monoisotopic (exact) mass is 531 g/mol. The number of nitriles is 1. The van der Waals surface area contributed by atoms with Gasteiger partial charge in [0.05, 0.1) is 46.5 Å². The number of nitrogens with one attached hydrogen (secondary N) is 3. The van der Waals surface area contributed by atoms with Gasteiger partial charge in [0.25, 0.3) is 0 Å². The second-order valence-electron chi connectivity index (χ2n) is 10.3. The van der Waals surface area contributed by atoms with Gasteiger partial charge in [-0.3, -0.25) is 4.98 Å². The summed E-state index contributed by atoms with van der Waals surface area (Å²) in [6.45, 7) is 0.712. The van der Waals surface area contributed by atoms with E-state index < -0.39 is 22.6 Å². The first-order chi connectivity index (χ1) is 18.9. The highest BCUT2D eigenvalue weighted by molar-refractivity contribution is 6.09. The molecule has 2 fully saturated rings. The quantitative estimate of drug-likeness (QED) is 0.299. The smallest absolute Gasteiger partial charge is 0.205 e. The summed E-state index contributed by atoms with van der Waals surface area (Å²) in [5.41, 5.74) is 7.24. The van der Waals surface area contributed by atoms with Crippen LogP contribution >= 0.6 is 0 Å². The highest BCUT2D eigenvalue weighted by atomic mass is 19.1. The average molecular weight is 532 g/mol. The summed E-state index contributed by atoms with van der Waals surface area (Å²) in [5.74, 6) is -0.922. The van der Waals surface area contributed by atoms with Gasteiger partial charge in [0.1, 0.15) is 11.6 Å². The molecule has 10 heteroatoms. The predicted octanol–water partition coefficient (Wildman–Crippen LogP) is 5.46. The van der Waals surface area contributed by atoms with Crippen molar-refractivity contribution >= 4 is 23.4 Å². The number of aromatic nitrogens is 3. The lowest BCUT2D eigenvalue weighted by Gasteiger charge is -2.31. The summed E-state index contributed by atoms with van der Waals surface area (Å²) in [7, 11) is 0. The molecule has 2 aliphatic rings. The van der Waals surface area contributed by atoms with Crippen molar-refractivity contribution in [1.82, 2.24) is 15.0 Å². The van der Waals surface area contributed by atoms with Gasteiger partial charge in [-0.2, -0.15) is 5.26 Å². The van der Waals surface area contributed by atoms with E-state index >= 15 is 8.78 Å². The van der Waals surface area contributed by atoms with Crippen LogP contribution in [0.3, 0.4) is 0 Å². The molecule has 0 spiro atoms. The molecular weight excluding hydrogens is 500 g/mol. The number of allylic oxidation sites excluding steroid dienone is 1. The van der Waals surface area contributed by atoms with Gasteiger partial charge < -0.3 is 26.2 Å². The van der Waals surface area contributed by atoms with Gasteiger partial charge >= 0.3 is 0 Å². The maximum atomic E-state index is 15.0. The van der Waals surface area contributed by atoms with Gasteiger partial charge in [0.2, 0.25) is 5.95 Å². The Kier molecular flexibility index (Phi) is 7.82. The number of H-pyrrole nitrogens is 1. The van der Waals surface area contributed by atoms with Crippen LogP contribution in [0.15, 0.2) is 42.9 Å². The van der Waals surface area contributed by atoms with Crippen LogP contribution < -0.4 is 11.1 Å². The molecule has 0 unspecified atom stereocenters. The number of pyridine rings is 1. The lowest BCUT2D eigenvalue weighted by molar-refractivity contribution is 0.0673. The number of hydrogen-bond donors (Lipinski definition) is 4. The van der Waals surface area contributed by atoms with Gasteiger partial charge in [-0.1, -0.05) is 6.42 Å². The molecule has 39 heavy (non-hydrogen) atoms. The van der Waals surface area contributed by atoms with Crippen LogP contribution in [0.5, 0.6) is 0 Å². The SMILES string of the molecule is N#CC1(c2cc(F)c(C(=N)/C=C\c3cnc(Nc4cnccc4[C@@H]4CCC[C@H](N)C4)[nH]3)c(F)c2)CCOCC1. The topological polar surface area (TPSA) is 136 Å². The first-order valence-corrected chi connectivity index (χ1v) is 13.2. The molecule has 3 heterocycles. The summed E-state index contributed by atoms with van der Waals surface area (Å²) < 4.78 is 35.3. The van der Waals surface area contributed by atoms with Crippen LogP contribution in [-0.4, -0.2) is 39.9 Å². The van der Waals surface area contributed by atoms with Crippen LogP contribution in [0.2, 0.25) is 0 Å².